The van der Waals surface area contributed by atoms with Crippen molar-refractivity contribution in [2.75, 3.05) is 20.3 Å². The van der Waals surface area contributed by atoms with Gasteiger partial charge >= 0.3 is 12.3 Å². The smallest absolute Gasteiger partial charge is 0.412 e. The molecule has 2 amide bonds. The van der Waals surface area contributed by atoms with Gasteiger partial charge in [0.25, 0.3) is 5.91 Å². The molecule has 3 rings (SSSR count). The number of halogens is 3. The van der Waals surface area contributed by atoms with Crippen molar-refractivity contribution in [3.63, 3.8) is 0 Å². The van der Waals surface area contributed by atoms with Crippen molar-refractivity contribution in [3.05, 3.63) is 77.4 Å². The topological polar surface area (TPSA) is 67.9 Å². The number of aryl methyl sites for hydroxylation is 1. The second-order valence-corrected chi connectivity index (χ2v) is 9.69. The van der Waals surface area contributed by atoms with Crippen molar-refractivity contribution in [2.24, 2.45) is 0 Å². The second-order valence-electron chi connectivity index (χ2n) is 9.69. The van der Waals surface area contributed by atoms with Gasteiger partial charge in [0.1, 0.15) is 19.0 Å². The average Bonchev–Trinajstić information content (AvgIpc) is 2.83. The fraction of sp³-hybridized carbons (Fsp3) is 0.357. The van der Waals surface area contributed by atoms with Crippen LogP contribution < -0.4 is 10.1 Å². The van der Waals surface area contributed by atoms with E-state index in [9.17, 15) is 22.8 Å². The van der Waals surface area contributed by atoms with Crippen molar-refractivity contribution >= 4 is 22.8 Å². The molecule has 0 fully saturated rings. The maximum absolute atomic E-state index is 14.1. The molecular formula is C28H31F3N2O4. The molecule has 0 aliphatic carbocycles. The lowest BCUT2D eigenvalue weighted by atomic mass is 9.97. The molecule has 37 heavy (non-hydrogen) atoms. The molecule has 0 radical (unpaired) electrons. The molecule has 0 aliphatic heterocycles. The first kappa shape index (κ1) is 27.8. The van der Waals surface area contributed by atoms with Crippen molar-refractivity contribution in [2.45, 2.75) is 45.5 Å². The molecule has 198 valence electrons. The molecule has 0 aliphatic rings. The highest BCUT2D eigenvalue weighted by molar-refractivity contribution is 5.97. The van der Waals surface area contributed by atoms with Crippen LogP contribution in [0.4, 0.5) is 18.0 Å². The van der Waals surface area contributed by atoms with Gasteiger partial charge in [-0.25, -0.2) is 4.79 Å². The molecule has 1 N–H and O–H groups in total. The fourth-order valence-corrected chi connectivity index (χ4v) is 3.64. The lowest BCUT2D eigenvalue weighted by Gasteiger charge is -2.30. The highest BCUT2D eigenvalue weighted by Crippen LogP contribution is 2.36. The summed E-state index contributed by atoms with van der Waals surface area (Å²) < 4.78 is 53.1. The van der Waals surface area contributed by atoms with Gasteiger partial charge in [0, 0.05) is 18.2 Å². The number of alkyl halides is 3. The fourth-order valence-electron chi connectivity index (χ4n) is 3.64. The zero-order valence-electron chi connectivity index (χ0n) is 21.5. The molecule has 0 bridgehead atoms. The van der Waals surface area contributed by atoms with Gasteiger partial charge in [-0.1, -0.05) is 48.5 Å². The van der Waals surface area contributed by atoms with Gasteiger partial charge in [-0.15, -0.1) is 0 Å². The van der Waals surface area contributed by atoms with E-state index in [1.165, 1.54) is 23.1 Å². The summed E-state index contributed by atoms with van der Waals surface area (Å²) in [4.78, 5) is 26.6. The minimum atomic E-state index is -4.72. The van der Waals surface area contributed by atoms with E-state index in [0.29, 0.717) is 16.3 Å². The highest BCUT2D eigenvalue weighted by atomic mass is 19.4. The Hall–Kier alpha value is -3.75. The standard InChI is InChI=1S/C28H31F3N2O4/c1-18-13-14-20(36-15-16-37-26(35)33(5)27(2,3)4)17-23(18)25(34)32-24(28(29,30)31)22-12-8-10-19-9-6-7-11-21(19)22/h6-14,17,24H,15-16H2,1-5H3,(H,32,34)/t24-/m0/s1. The van der Waals surface area contributed by atoms with E-state index >= 15 is 0 Å². The maximum atomic E-state index is 14.1. The summed E-state index contributed by atoms with van der Waals surface area (Å²) in [6.07, 6.45) is -5.22. The van der Waals surface area contributed by atoms with Crippen LogP contribution in [-0.2, 0) is 4.74 Å². The summed E-state index contributed by atoms with van der Waals surface area (Å²) in [5.41, 5.74) is 0.0988. The van der Waals surface area contributed by atoms with Crippen molar-refractivity contribution in [3.8, 4) is 5.75 Å². The molecule has 9 heteroatoms. The Morgan fingerprint density at radius 1 is 0.973 bits per heavy atom. The van der Waals surface area contributed by atoms with E-state index in [4.69, 9.17) is 9.47 Å². The minimum absolute atomic E-state index is 0.00895. The van der Waals surface area contributed by atoms with Gasteiger partial charge in [-0.3, -0.25) is 4.79 Å². The molecule has 0 aromatic heterocycles. The van der Waals surface area contributed by atoms with Crippen LogP contribution in [0, 0.1) is 6.92 Å². The van der Waals surface area contributed by atoms with Crippen LogP contribution in [0.3, 0.4) is 0 Å². The first-order chi connectivity index (χ1) is 17.3. The largest absolute Gasteiger partial charge is 0.490 e. The number of carbonyl (C=O) groups is 2. The number of amides is 2. The molecular weight excluding hydrogens is 485 g/mol. The number of ether oxygens (including phenoxy) is 2. The zero-order chi connectivity index (χ0) is 27.4. The van der Waals surface area contributed by atoms with Crippen LogP contribution in [0.15, 0.2) is 60.7 Å². The summed E-state index contributed by atoms with van der Waals surface area (Å²) in [5, 5.41) is 3.22. The monoisotopic (exact) mass is 516 g/mol. The van der Waals surface area contributed by atoms with Crippen molar-refractivity contribution < 1.29 is 32.2 Å². The van der Waals surface area contributed by atoms with Crippen LogP contribution >= 0.6 is 0 Å². The van der Waals surface area contributed by atoms with Crippen molar-refractivity contribution in [1.29, 1.82) is 0 Å². The Labute approximate surface area is 214 Å². The van der Waals surface area contributed by atoms with Gasteiger partial charge in [0.05, 0.1) is 0 Å². The van der Waals surface area contributed by atoms with Crippen LogP contribution in [0.5, 0.6) is 5.75 Å². The molecule has 0 saturated carbocycles. The van der Waals surface area contributed by atoms with Crippen LogP contribution in [0.25, 0.3) is 10.8 Å². The SMILES string of the molecule is Cc1ccc(OCCOC(=O)N(C)C(C)(C)C)cc1C(=O)N[C@@H](c1cccc2ccccc12)C(F)(F)F. The molecule has 0 unspecified atom stereocenters. The lowest BCUT2D eigenvalue weighted by molar-refractivity contribution is -0.155. The summed E-state index contributed by atoms with van der Waals surface area (Å²) in [5.74, 6) is -0.610. The average molecular weight is 517 g/mol. The summed E-state index contributed by atoms with van der Waals surface area (Å²) in [6.45, 7) is 7.21. The number of fused-ring (bicyclic) bond motifs is 1. The Morgan fingerprint density at radius 2 is 1.65 bits per heavy atom. The third-order valence-electron chi connectivity index (χ3n) is 6.05. The number of hydrogen-bond acceptors (Lipinski definition) is 4. The number of carbonyl (C=O) groups excluding carboxylic acids is 2. The molecule has 0 spiro atoms. The van der Waals surface area contributed by atoms with Crippen molar-refractivity contribution in [1.82, 2.24) is 10.2 Å². The summed E-state index contributed by atoms with van der Waals surface area (Å²) in [7, 11) is 1.63. The van der Waals surface area contributed by atoms with E-state index in [1.807, 2.05) is 20.8 Å². The number of nitrogens with one attached hydrogen (secondary N) is 1. The normalized spacial score (nSPS) is 12.6. The van der Waals surface area contributed by atoms with Gasteiger partial charge in [-0.05, 0) is 61.7 Å². The van der Waals surface area contributed by atoms with E-state index in [1.54, 1.807) is 56.4 Å². The Morgan fingerprint density at radius 3 is 2.32 bits per heavy atom. The molecule has 3 aromatic carbocycles. The van der Waals surface area contributed by atoms with E-state index < -0.39 is 29.8 Å². The van der Waals surface area contributed by atoms with Gasteiger partial charge in [0.2, 0.25) is 0 Å². The predicted octanol–water partition coefficient (Wildman–Crippen LogP) is 6.43. The molecule has 1 atom stereocenters. The predicted molar refractivity (Wildman–Crippen MR) is 136 cm³/mol. The second kappa shape index (κ2) is 11.1. The maximum Gasteiger partial charge on any atom is 0.412 e. The molecule has 0 saturated heterocycles. The third-order valence-corrected chi connectivity index (χ3v) is 6.05. The quantitative estimate of drug-likeness (QED) is 0.368. The number of nitrogens with zero attached hydrogens (tertiary/aromatic N) is 1. The summed E-state index contributed by atoms with van der Waals surface area (Å²) >= 11 is 0. The molecule has 0 heterocycles. The van der Waals surface area contributed by atoms with Crippen LogP contribution in [-0.4, -0.2) is 48.9 Å². The first-order valence-electron chi connectivity index (χ1n) is 11.8. The zero-order valence-corrected chi connectivity index (χ0v) is 21.5. The van der Waals surface area contributed by atoms with Gasteiger partial charge in [0.15, 0.2) is 6.04 Å². The third kappa shape index (κ3) is 6.93. The van der Waals surface area contributed by atoms with Crippen LogP contribution in [0.2, 0.25) is 0 Å². The Kier molecular flexibility index (Phi) is 8.35. The van der Waals surface area contributed by atoms with Gasteiger partial charge < -0.3 is 19.7 Å². The molecule has 3 aromatic rings. The number of rotatable bonds is 7. The van der Waals surface area contributed by atoms with E-state index in [2.05, 4.69) is 5.32 Å². The number of benzene rings is 3. The van der Waals surface area contributed by atoms with E-state index in [-0.39, 0.29) is 30.1 Å². The summed E-state index contributed by atoms with van der Waals surface area (Å²) in [6, 6.07) is 13.7. The van der Waals surface area contributed by atoms with Gasteiger partial charge in [-0.2, -0.15) is 13.2 Å². The molecule has 6 nitrogen and oxygen atoms in total. The minimum Gasteiger partial charge on any atom is -0.490 e. The first-order valence-corrected chi connectivity index (χ1v) is 11.8. The Bertz CT molecular complexity index is 1260. The van der Waals surface area contributed by atoms with E-state index in [0.717, 1.165) is 0 Å². The lowest BCUT2D eigenvalue weighted by Crippen LogP contribution is -2.43. The van der Waals surface area contributed by atoms with Crippen LogP contribution in [0.1, 0.15) is 48.3 Å². The number of hydrogen-bond donors (Lipinski definition) is 1. The highest BCUT2D eigenvalue weighted by Gasteiger charge is 2.42. The Balaban J connectivity index is 1.73.